The zero-order valence-corrected chi connectivity index (χ0v) is 10.9. The Bertz CT molecular complexity index is 475. The van der Waals surface area contributed by atoms with Crippen LogP contribution in [0, 0.1) is 11.8 Å². The minimum absolute atomic E-state index is 0.0557. The highest BCUT2D eigenvalue weighted by atomic mass is 16.2. The fourth-order valence-electron chi connectivity index (χ4n) is 2.20. The van der Waals surface area contributed by atoms with E-state index in [1.807, 2.05) is 0 Å². The van der Waals surface area contributed by atoms with E-state index in [4.69, 9.17) is 0 Å². The van der Waals surface area contributed by atoms with Gasteiger partial charge in [0.2, 0.25) is 5.91 Å². The molecule has 6 heteroatoms. The Morgan fingerprint density at radius 1 is 1.61 bits per heavy atom. The monoisotopic (exact) mass is 252 g/mol. The number of H-pyrrole nitrogens is 1. The second-order valence-corrected chi connectivity index (χ2v) is 5.26. The van der Waals surface area contributed by atoms with Gasteiger partial charge in [-0.3, -0.25) is 9.36 Å². The number of hydrogen-bond donors (Lipinski definition) is 2. The molecule has 0 saturated heterocycles. The number of nitrogens with one attached hydrogen (secondary N) is 2. The summed E-state index contributed by atoms with van der Waals surface area (Å²) in [6, 6.07) is 0. The molecule has 1 amide bonds. The van der Waals surface area contributed by atoms with Crippen molar-refractivity contribution in [1.82, 2.24) is 20.1 Å². The van der Waals surface area contributed by atoms with Gasteiger partial charge < -0.3 is 5.32 Å². The topological polar surface area (TPSA) is 79.8 Å². The van der Waals surface area contributed by atoms with Gasteiger partial charge in [-0.2, -0.15) is 5.10 Å². The van der Waals surface area contributed by atoms with Crippen molar-refractivity contribution >= 4 is 5.91 Å². The summed E-state index contributed by atoms with van der Waals surface area (Å²) >= 11 is 0. The van der Waals surface area contributed by atoms with E-state index >= 15 is 0 Å². The van der Waals surface area contributed by atoms with E-state index in [2.05, 4.69) is 29.4 Å². The SMILES string of the molecule is CC(C)CCNC(=O)C1CCn2c(n[nH]c2=O)C1. The van der Waals surface area contributed by atoms with E-state index in [9.17, 15) is 9.59 Å². The molecule has 1 atom stereocenters. The molecule has 0 spiro atoms. The number of carbonyl (C=O) groups excluding carboxylic acids is 1. The fourth-order valence-corrected chi connectivity index (χ4v) is 2.20. The second-order valence-electron chi connectivity index (χ2n) is 5.26. The minimum atomic E-state index is -0.177. The van der Waals surface area contributed by atoms with E-state index in [0.29, 0.717) is 31.1 Å². The molecule has 0 radical (unpaired) electrons. The maximum absolute atomic E-state index is 12.0. The van der Waals surface area contributed by atoms with Crippen LogP contribution in [0.2, 0.25) is 0 Å². The summed E-state index contributed by atoms with van der Waals surface area (Å²) in [6.07, 6.45) is 2.25. The molecule has 1 aromatic rings. The summed E-state index contributed by atoms with van der Waals surface area (Å²) in [5.74, 6) is 1.31. The molecule has 1 aliphatic rings. The molecule has 0 bridgehead atoms. The molecule has 0 aromatic carbocycles. The van der Waals surface area contributed by atoms with Crippen LogP contribution in [0.25, 0.3) is 0 Å². The number of aromatic amines is 1. The number of carbonyl (C=O) groups is 1. The summed E-state index contributed by atoms with van der Waals surface area (Å²) in [5.41, 5.74) is -0.177. The average molecular weight is 252 g/mol. The zero-order chi connectivity index (χ0) is 13.1. The van der Waals surface area contributed by atoms with Crippen molar-refractivity contribution in [3.8, 4) is 0 Å². The number of rotatable bonds is 4. The Morgan fingerprint density at radius 3 is 3.11 bits per heavy atom. The first kappa shape index (κ1) is 12.9. The first-order valence-electron chi connectivity index (χ1n) is 6.49. The normalized spacial score (nSPS) is 18.7. The first-order chi connectivity index (χ1) is 8.58. The van der Waals surface area contributed by atoms with Crippen molar-refractivity contribution in [3.05, 3.63) is 16.3 Å². The molecule has 0 saturated carbocycles. The molecule has 1 unspecified atom stereocenters. The van der Waals surface area contributed by atoms with E-state index in [1.54, 1.807) is 4.57 Å². The Labute approximate surface area is 106 Å². The van der Waals surface area contributed by atoms with Crippen molar-refractivity contribution in [1.29, 1.82) is 0 Å². The van der Waals surface area contributed by atoms with Crippen LogP contribution < -0.4 is 11.0 Å². The molecule has 6 nitrogen and oxygen atoms in total. The fraction of sp³-hybridized carbons (Fsp3) is 0.750. The number of amides is 1. The standard InChI is InChI=1S/C12H20N4O2/c1-8(2)3-5-13-11(17)9-4-6-16-10(7-9)14-15-12(16)18/h8-9H,3-7H2,1-2H3,(H,13,17)(H,15,18). The lowest BCUT2D eigenvalue weighted by Gasteiger charge is -2.21. The third-order valence-electron chi connectivity index (χ3n) is 3.36. The van der Waals surface area contributed by atoms with Crippen molar-refractivity contribution in [2.45, 2.75) is 39.7 Å². The lowest BCUT2D eigenvalue weighted by molar-refractivity contribution is -0.125. The lowest BCUT2D eigenvalue weighted by atomic mass is 9.97. The van der Waals surface area contributed by atoms with Crippen molar-refractivity contribution in [2.75, 3.05) is 6.54 Å². The molecule has 0 aliphatic carbocycles. The Hall–Kier alpha value is -1.59. The second kappa shape index (κ2) is 5.37. The summed E-state index contributed by atoms with van der Waals surface area (Å²) in [6.45, 7) is 5.57. The predicted octanol–water partition coefficient (Wildman–Crippen LogP) is 0.296. The van der Waals surface area contributed by atoms with Crippen LogP contribution in [0.3, 0.4) is 0 Å². The van der Waals surface area contributed by atoms with Crippen molar-refractivity contribution < 1.29 is 4.79 Å². The van der Waals surface area contributed by atoms with E-state index in [1.165, 1.54) is 0 Å². The molecule has 1 aromatic heterocycles. The largest absolute Gasteiger partial charge is 0.356 e. The first-order valence-corrected chi connectivity index (χ1v) is 6.49. The van der Waals surface area contributed by atoms with Gasteiger partial charge in [-0.15, -0.1) is 0 Å². The van der Waals surface area contributed by atoms with Gasteiger partial charge in [0.25, 0.3) is 0 Å². The summed E-state index contributed by atoms with van der Waals surface area (Å²) in [5, 5.41) is 9.32. The Morgan fingerprint density at radius 2 is 2.39 bits per heavy atom. The molecular formula is C12H20N4O2. The molecular weight excluding hydrogens is 232 g/mol. The van der Waals surface area contributed by atoms with Crippen LogP contribution >= 0.6 is 0 Å². The third-order valence-corrected chi connectivity index (χ3v) is 3.36. The highest BCUT2D eigenvalue weighted by Gasteiger charge is 2.26. The highest BCUT2D eigenvalue weighted by Crippen LogP contribution is 2.17. The number of hydrogen-bond acceptors (Lipinski definition) is 3. The molecule has 0 fully saturated rings. The van der Waals surface area contributed by atoms with Gasteiger partial charge in [0.1, 0.15) is 5.82 Å². The van der Waals surface area contributed by atoms with Crippen LogP contribution in [-0.2, 0) is 17.8 Å². The molecule has 100 valence electrons. The maximum atomic E-state index is 12.0. The van der Waals surface area contributed by atoms with Gasteiger partial charge >= 0.3 is 5.69 Å². The molecule has 1 aliphatic heterocycles. The van der Waals surface area contributed by atoms with Crippen molar-refractivity contribution in [3.63, 3.8) is 0 Å². The maximum Gasteiger partial charge on any atom is 0.343 e. The summed E-state index contributed by atoms with van der Waals surface area (Å²) in [7, 11) is 0. The highest BCUT2D eigenvalue weighted by molar-refractivity contribution is 5.78. The van der Waals surface area contributed by atoms with Gasteiger partial charge in [0.15, 0.2) is 0 Å². The minimum Gasteiger partial charge on any atom is -0.356 e. The number of aromatic nitrogens is 3. The van der Waals surface area contributed by atoms with E-state index < -0.39 is 0 Å². The zero-order valence-electron chi connectivity index (χ0n) is 10.9. The summed E-state index contributed by atoms with van der Waals surface area (Å²) < 4.78 is 1.61. The molecule has 2 rings (SSSR count). The quantitative estimate of drug-likeness (QED) is 0.808. The van der Waals surface area contributed by atoms with Crippen LogP contribution in [0.4, 0.5) is 0 Å². The van der Waals surface area contributed by atoms with Gasteiger partial charge in [-0.05, 0) is 18.8 Å². The van der Waals surface area contributed by atoms with Crippen LogP contribution in [0.5, 0.6) is 0 Å². The van der Waals surface area contributed by atoms with E-state index in [0.717, 1.165) is 13.0 Å². The molecule has 2 N–H and O–H groups in total. The Balaban J connectivity index is 1.88. The van der Waals surface area contributed by atoms with Gasteiger partial charge in [0, 0.05) is 25.4 Å². The Kier molecular flexibility index (Phi) is 3.84. The van der Waals surface area contributed by atoms with Crippen LogP contribution in [0.1, 0.15) is 32.5 Å². The summed E-state index contributed by atoms with van der Waals surface area (Å²) in [4.78, 5) is 23.3. The third kappa shape index (κ3) is 2.80. The predicted molar refractivity (Wildman–Crippen MR) is 67.1 cm³/mol. The van der Waals surface area contributed by atoms with Crippen LogP contribution in [0.15, 0.2) is 4.79 Å². The lowest BCUT2D eigenvalue weighted by Crippen LogP contribution is -2.37. The average Bonchev–Trinajstić information content (AvgIpc) is 2.70. The van der Waals surface area contributed by atoms with Crippen molar-refractivity contribution in [2.24, 2.45) is 11.8 Å². The van der Waals surface area contributed by atoms with Gasteiger partial charge in [0.05, 0.1) is 0 Å². The smallest absolute Gasteiger partial charge is 0.343 e. The number of fused-ring (bicyclic) bond motifs is 1. The van der Waals surface area contributed by atoms with E-state index in [-0.39, 0.29) is 17.5 Å². The molecule has 2 heterocycles. The molecule has 18 heavy (non-hydrogen) atoms. The van der Waals surface area contributed by atoms with Crippen LogP contribution in [-0.4, -0.2) is 27.2 Å². The number of nitrogens with zero attached hydrogens (tertiary/aromatic N) is 2. The van der Waals surface area contributed by atoms with Gasteiger partial charge in [-0.25, -0.2) is 9.89 Å². The van der Waals surface area contributed by atoms with Gasteiger partial charge in [-0.1, -0.05) is 13.8 Å².